The Morgan fingerprint density at radius 3 is 2.53 bits per heavy atom. The van der Waals surface area contributed by atoms with Gasteiger partial charge in [-0.15, -0.1) is 0 Å². The number of hydrogen-bond donors (Lipinski definition) is 1. The Kier molecular flexibility index (Phi) is 3.82. The molecule has 0 bridgehead atoms. The molecule has 1 aromatic rings. The van der Waals surface area contributed by atoms with Crippen LogP contribution in [0.3, 0.4) is 0 Å². The van der Waals surface area contributed by atoms with Gasteiger partial charge in [0.1, 0.15) is 0 Å². The van der Waals surface area contributed by atoms with Crippen molar-refractivity contribution in [2.45, 2.75) is 13.3 Å². The van der Waals surface area contributed by atoms with Crippen LogP contribution in [0.1, 0.15) is 13.3 Å². The number of pyridine rings is 1. The smallest absolute Gasteiger partial charge is 0.168 e. The molecule has 0 radical (unpaired) electrons. The number of nitrogens with one attached hydrogen (secondary N) is 1. The summed E-state index contributed by atoms with van der Waals surface area (Å²) >= 11 is 0. The van der Waals surface area contributed by atoms with Gasteiger partial charge in [0.05, 0.1) is 0 Å². The zero-order chi connectivity index (χ0) is 11.4. The summed E-state index contributed by atoms with van der Waals surface area (Å²) in [4.78, 5) is 5.38. The van der Waals surface area contributed by atoms with E-state index in [9.17, 15) is 8.78 Å². The lowest BCUT2D eigenvalue weighted by atomic mass is 10.3. The molecule has 1 heterocycles. The molecule has 0 saturated heterocycles. The molecule has 0 spiro atoms. The second kappa shape index (κ2) is 4.91. The molecule has 84 valence electrons. The molecule has 0 amide bonds. The molecule has 0 atom stereocenters. The fraction of sp³-hybridized carbons (Fsp3) is 0.500. The number of rotatable bonds is 4. The first-order valence-electron chi connectivity index (χ1n) is 4.83. The van der Waals surface area contributed by atoms with Crippen LogP contribution in [0.25, 0.3) is 0 Å². The molecule has 1 rings (SSSR count). The first kappa shape index (κ1) is 11.7. The lowest BCUT2D eigenvalue weighted by Crippen LogP contribution is -2.15. The van der Waals surface area contributed by atoms with Gasteiger partial charge in [-0.1, -0.05) is 6.92 Å². The molecular weight excluding hydrogens is 200 g/mol. The van der Waals surface area contributed by atoms with E-state index in [4.69, 9.17) is 0 Å². The van der Waals surface area contributed by atoms with Gasteiger partial charge in [-0.2, -0.15) is 0 Å². The lowest BCUT2D eigenvalue weighted by molar-refractivity contribution is 0.575. The van der Waals surface area contributed by atoms with E-state index < -0.39 is 11.6 Å². The highest BCUT2D eigenvalue weighted by molar-refractivity contribution is 5.48. The van der Waals surface area contributed by atoms with Gasteiger partial charge in [0, 0.05) is 26.7 Å². The fourth-order valence-corrected chi connectivity index (χ4v) is 1.14. The van der Waals surface area contributed by atoms with Crippen molar-refractivity contribution in [2.75, 3.05) is 30.9 Å². The van der Waals surface area contributed by atoms with Gasteiger partial charge in [0.15, 0.2) is 23.3 Å². The topological polar surface area (TPSA) is 28.2 Å². The highest BCUT2D eigenvalue weighted by Crippen LogP contribution is 2.20. The maximum Gasteiger partial charge on any atom is 0.168 e. The molecule has 3 nitrogen and oxygen atoms in total. The van der Waals surface area contributed by atoms with Crippen molar-refractivity contribution in [3.63, 3.8) is 0 Å². The van der Waals surface area contributed by atoms with Gasteiger partial charge in [-0.3, -0.25) is 0 Å². The average molecular weight is 215 g/mol. The highest BCUT2D eigenvalue weighted by Gasteiger charge is 2.12. The van der Waals surface area contributed by atoms with E-state index in [1.807, 2.05) is 6.92 Å². The lowest BCUT2D eigenvalue weighted by Gasteiger charge is -2.14. The third-order valence-corrected chi connectivity index (χ3v) is 1.88. The number of hydrogen-bond acceptors (Lipinski definition) is 3. The highest BCUT2D eigenvalue weighted by atomic mass is 19.1. The number of halogens is 2. The number of aromatic nitrogens is 1. The zero-order valence-corrected chi connectivity index (χ0v) is 9.14. The molecule has 0 aliphatic rings. The van der Waals surface area contributed by atoms with Gasteiger partial charge in [-0.05, 0) is 6.42 Å². The minimum atomic E-state index is -0.661. The summed E-state index contributed by atoms with van der Waals surface area (Å²) in [5, 5.41) is 2.81. The summed E-state index contributed by atoms with van der Waals surface area (Å²) in [6, 6.07) is 0.848. The molecule has 0 fully saturated rings. The Labute approximate surface area is 88.1 Å². The van der Waals surface area contributed by atoms with E-state index in [1.165, 1.54) is 4.90 Å². The first-order valence-corrected chi connectivity index (χ1v) is 4.83. The fourth-order valence-electron chi connectivity index (χ4n) is 1.14. The molecule has 0 aromatic carbocycles. The van der Waals surface area contributed by atoms with Gasteiger partial charge in [-0.25, -0.2) is 13.8 Å². The van der Waals surface area contributed by atoms with Crippen LogP contribution in [0.15, 0.2) is 6.07 Å². The predicted octanol–water partition coefficient (Wildman–Crippen LogP) is 2.25. The van der Waals surface area contributed by atoms with Crippen LogP contribution in [0.4, 0.5) is 20.4 Å². The molecule has 5 heteroatoms. The summed E-state index contributed by atoms with van der Waals surface area (Å²) in [6.45, 7) is 2.57. The summed E-state index contributed by atoms with van der Waals surface area (Å²) in [6.07, 6.45) is 0.857. The van der Waals surface area contributed by atoms with Crippen LogP contribution in [-0.4, -0.2) is 25.6 Å². The maximum atomic E-state index is 13.2. The summed E-state index contributed by atoms with van der Waals surface area (Å²) < 4.78 is 26.5. The van der Waals surface area contributed by atoms with Crippen LogP contribution in [0.5, 0.6) is 0 Å². The molecule has 0 aliphatic heterocycles. The van der Waals surface area contributed by atoms with Crippen molar-refractivity contribution in [1.29, 1.82) is 0 Å². The quantitative estimate of drug-likeness (QED) is 0.835. The van der Waals surface area contributed by atoms with E-state index in [0.717, 1.165) is 12.5 Å². The monoisotopic (exact) mass is 215 g/mol. The van der Waals surface area contributed by atoms with E-state index in [2.05, 4.69) is 10.3 Å². The Bertz CT molecular complexity index is 340. The van der Waals surface area contributed by atoms with E-state index >= 15 is 0 Å². The van der Waals surface area contributed by atoms with Crippen LogP contribution in [0, 0.1) is 11.6 Å². The van der Waals surface area contributed by atoms with Crippen LogP contribution in [-0.2, 0) is 0 Å². The van der Waals surface area contributed by atoms with E-state index in [1.54, 1.807) is 14.1 Å². The Hall–Kier alpha value is -1.39. The third kappa shape index (κ3) is 2.78. The van der Waals surface area contributed by atoms with Crippen molar-refractivity contribution >= 4 is 11.6 Å². The van der Waals surface area contributed by atoms with Gasteiger partial charge >= 0.3 is 0 Å². The normalized spacial score (nSPS) is 10.2. The van der Waals surface area contributed by atoms with Gasteiger partial charge < -0.3 is 10.2 Å². The van der Waals surface area contributed by atoms with Crippen molar-refractivity contribution in [3.05, 3.63) is 17.7 Å². The van der Waals surface area contributed by atoms with E-state index in [0.29, 0.717) is 6.54 Å². The Balaban J connectivity index is 3.00. The average Bonchev–Trinajstić information content (AvgIpc) is 2.16. The standard InChI is InChI=1S/C10H15F2N3/c1-4-5-13-9-7(11)6-8(12)10(14-9)15(2)3/h6H,4-5H2,1-3H3,(H,13,14). The molecule has 1 N–H and O–H groups in total. The van der Waals surface area contributed by atoms with Crippen molar-refractivity contribution in [3.8, 4) is 0 Å². The molecule has 1 aromatic heterocycles. The minimum absolute atomic E-state index is 0.0990. The summed E-state index contributed by atoms with van der Waals surface area (Å²) in [5.41, 5.74) is 0. The molecular formula is C10H15F2N3. The maximum absolute atomic E-state index is 13.2. The predicted molar refractivity (Wildman–Crippen MR) is 57.3 cm³/mol. The van der Waals surface area contributed by atoms with Gasteiger partial charge in [0.25, 0.3) is 0 Å². The largest absolute Gasteiger partial charge is 0.368 e. The number of nitrogens with zero attached hydrogens (tertiary/aromatic N) is 2. The van der Waals surface area contributed by atoms with Crippen LogP contribution >= 0.6 is 0 Å². The number of anilines is 2. The van der Waals surface area contributed by atoms with Crippen molar-refractivity contribution in [1.82, 2.24) is 4.98 Å². The van der Waals surface area contributed by atoms with Crippen molar-refractivity contribution < 1.29 is 8.78 Å². The second-order valence-electron chi connectivity index (χ2n) is 3.45. The minimum Gasteiger partial charge on any atom is -0.368 e. The molecule has 0 saturated carbocycles. The SMILES string of the molecule is CCCNc1nc(N(C)C)c(F)cc1F. The molecule has 15 heavy (non-hydrogen) atoms. The second-order valence-corrected chi connectivity index (χ2v) is 3.45. The molecule has 0 aliphatic carbocycles. The van der Waals surface area contributed by atoms with Crippen LogP contribution in [0.2, 0.25) is 0 Å². The molecule has 0 unspecified atom stereocenters. The van der Waals surface area contributed by atoms with E-state index in [-0.39, 0.29) is 11.6 Å². The zero-order valence-electron chi connectivity index (χ0n) is 9.14. The van der Waals surface area contributed by atoms with Crippen LogP contribution < -0.4 is 10.2 Å². The summed E-state index contributed by atoms with van der Waals surface area (Å²) in [5.74, 6) is -1.08. The third-order valence-electron chi connectivity index (χ3n) is 1.88. The Morgan fingerprint density at radius 2 is 2.00 bits per heavy atom. The first-order chi connectivity index (χ1) is 7.06. The summed E-state index contributed by atoms with van der Waals surface area (Å²) in [7, 11) is 3.32. The van der Waals surface area contributed by atoms with Gasteiger partial charge in [0.2, 0.25) is 0 Å². The van der Waals surface area contributed by atoms with Crippen molar-refractivity contribution in [2.24, 2.45) is 0 Å². The Morgan fingerprint density at radius 1 is 1.33 bits per heavy atom.